The van der Waals surface area contributed by atoms with Crippen molar-refractivity contribution >= 4 is 21.9 Å². The minimum atomic E-state index is -3.70. The lowest BCUT2D eigenvalue weighted by atomic mass is 10.2. The molecular formula is C14H13N3O4S. The molecule has 0 saturated heterocycles. The molecule has 2 rings (SSSR count). The molecule has 0 unspecified atom stereocenters. The molecule has 22 heavy (non-hydrogen) atoms. The van der Waals surface area contributed by atoms with Gasteiger partial charge in [0.1, 0.15) is 0 Å². The van der Waals surface area contributed by atoms with E-state index in [1.54, 1.807) is 24.3 Å². The average Bonchev–Trinajstić information content (AvgIpc) is 2.47. The normalized spacial score (nSPS) is 11.7. The Balaban J connectivity index is 2.06. The van der Waals surface area contributed by atoms with Crippen molar-refractivity contribution in [1.29, 1.82) is 0 Å². The number of aliphatic imine (C=N–C) groups is 1. The van der Waals surface area contributed by atoms with E-state index in [1.807, 2.05) is 0 Å². The average molecular weight is 319 g/mol. The standard InChI is InChI=1S/C14H13N3O4S/c15-22(20,21)14-6-4-11(5-7-14)9-16-10-12-2-1-3-13(8-12)17(18)19/h1-8,10H,9H2,(H2,15,20,21). The summed E-state index contributed by atoms with van der Waals surface area (Å²) in [6.45, 7) is 0.327. The fourth-order valence-electron chi connectivity index (χ4n) is 1.76. The molecule has 0 spiro atoms. The predicted molar refractivity (Wildman–Crippen MR) is 82.2 cm³/mol. The quantitative estimate of drug-likeness (QED) is 0.514. The zero-order valence-corrected chi connectivity index (χ0v) is 12.2. The summed E-state index contributed by atoms with van der Waals surface area (Å²) in [5.74, 6) is 0. The third-order valence-corrected chi connectivity index (χ3v) is 3.78. The van der Waals surface area contributed by atoms with Gasteiger partial charge in [0.15, 0.2) is 0 Å². The minimum Gasteiger partial charge on any atom is -0.288 e. The van der Waals surface area contributed by atoms with E-state index < -0.39 is 14.9 Å². The van der Waals surface area contributed by atoms with Crippen LogP contribution in [0, 0.1) is 10.1 Å². The second-order valence-corrected chi connectivity index (χ2v) is 6.07. The van der Waals surface area contributed by atoms with Crippen molar-refractivity contribution in [1.82, 2.24) is 0 Å². The zero-order valence-electron chi connectivity index (χ0n) is 11.4. The van der Waals surface area contributed by atoms with Crippen molar-refractivity contribution in [2.75, 3.05) is 0 Å². The lowest BCUT2D eigenvalue weighted by molar-refractivity contribution is -0.384. The summed E-state index contributed by atoms with van der Waals surface area (Å²) in [5, 5.41) is 15.7. The molecular weight excluding hydrogens is 306 g/mol. The second-order valence-electron chi connectivity index (χ2n) is 4.51. The number of nitro groups is 1. The van der Waals surface area contributed by atoms with Gasteiger partial charge in [-0.1, -0.05) is 24.3 Å². The van der Waals surface area contributed by atoms with E-state index in [9.17, 15) is 18.5 Å². The Morgan fingerprint density at radius 2 is 1.86 bits per heavy atom. The van der Waals surface area contributed by atoms with Gasteiger partial charge in [0.2, 0.25) is 10.0 Å². The summed E-state index contributed by atoms with van der Waals surface area (Å²) in [7, 11) is -3.70. The number of hydrogen-bond acceptors (Lipinski definition) is 5. The fourth-order valence-corrected chi connectivity index (χ4v) is 2.28. The van der Waals surface area contributed by atoms with E-state index >= 15 is 0 Å². The van der Waals surface area contributed by atoms with Crippen LogP contribution in [0.25, 0.3) is 0 Å². The van der Waals surface area contributed by atoms with E-state index in [0.717, 1.165) is 5.56 Å². The van der Waals surface area contributed by atoms with Crippen molar-refractivity contribution in [3.05, 3.63) is 69.8 Å². The Labute approximate surface area is 127 Å². The van der Waals surface area contributed by atoms with Gasteiger partial charge in [0.25, 0.3) is 5.69 Å². The maximum absolute atomic E-state index is 11.1. The number of non-ortho nitro benzene ring substituents is 1. The number of sulfonamides is 1. The Hall–Kier alpha value is -2.58. The van der Waals surface area contributed by atoms with Crippen molar-refractivity contribution in [3.8, 4) is 0 Å². The largest absolute Gasteiger partial charge is 0.288 e. The SMILES string of the molecule is NS(=O)(=O)c1ccc(CN=Cc2cccc([N+](=O)[O-])c2)cc1. The highest BCUT2D eigenvalue weighted by atomic mass is 32.2. The highest BCUT2D eigenvalue weighted by Gasteiger charge is 2.06. The molecule has 0 aliphatic rings. The summed E-state index contributed by atoms with van der Waals surface area (Å²) in [6, 6.07) is 12.2. The van der Waals surface area contributed by atoms with Crippen LogP contribution in [0.4, 0.5) is 5.69 Å². The maximum atomic E-state index is 11.1. The molecule has 7 nitrogen and oxygen atoms in total. The predicted octanol–water partition coefficient (Wildman–Crippen LogP) is 1.86. The summed E-state index contributed by atoms with van der Waals surface area (Å²) >= 11 is 0. The molecule has 114 valence electrons. The number of nitrogens with zero attached hydrogens (tertiary/aromatic N) is 2. The fraction of sp³-hybridized carbons (Fsp3) is 0.0714. The molecule has 0 aromatic heterocycles. The number of nitro benzene ring substituents is 1. The molecule has 0 fully saturated rings. The van der Waals surface area contributed by atoms with Crippen LogP contribution in [0.15, 0.2) is 58.4 Å². The first-order valence-corrected chi connectivity index (χ1v) is 7.77. The first-order chi connectivity index (χ1) is 10.4. The van der Waals surface area contributed by atoms with Crippen LogP contribution in [0.1, 0.15) is 11.1 Å². The Kier molecular flexibility index (Phi) is 4.64. The van der Waals surface area contributed by atoms with Gasteiger partial charge < -0.3 is 0 Å². The molecule has 0 heterocycles. The van der Waals surface area contributed by atoms with Gasteiger partial charge in [-0.3, -0.25) is 15.1 Å². The molecule has 0 radical (unpaired) electrons. The van der Waals surface area contributed by atoms with E-state index in [2.05, 4.69) is 4.99 Å². The van der Waals surface area contributed by atoms with Crippen LogP contribution >= 0.6 is 0 Å². The molecule has 2 aromatic carbocycles. The number of benzene rings is 2. The van der Waals surface area contributed by atoms with Crippen LogP contribution in [0.2, 0.25) is 0 Å². The van der Waals surface area contributed by atoms with E-state index in [4.69, 9.17) is 5.14 Å². The van der Waals surface area contributed by atoms with Gasteiger partial charge in [0, 0.05) is 18.3 Å². The summed E-state index contributed by atoms with van der Waals surface area (Å²) in [5.41, 5.74) is 1.42. The molecule has 2 aromatic rings. The van der Waals surface area contributed by atoms with Gasteiger partial charge in [-0.15, -0.1) is 0 Å². The van der Waals surface area contributed by atoms with Crippen LogP contribution < -0.4 is 5.14 Å². The first-order valence-electron chi connectivity index (χ1n) is 6.22. The highest BCUT2D eigenvalue weighted by Crippen LogP contribution is 2.12. The number of primary sulfonamides is 1. The smallest absolute Gasteiger partial charge is 0.270 e. The second kappa shape index (κ2) is 6.46. The maximum Gasteiger partial charge on any atom is 0.270 e. The van der Waals surface area contributed by atoms with Gasteiger partial charge in [-0.05, 0) is 23.3 Å². The molecule has 0 aliphatic carbocycles. The van der Waals surface area contributed by atoms with Gasteiger partial charge >= 0.3 is 0 Å². The third-order valence-electron chi connectivity index (χ3n) is 2.85. The molecule has 2 N–H and O–H groups in total. The van der Waals surface area contributed by atoms with Crippen molar-refractivity contribution in [3.63, 3.8) is 0 Å². The Bertz CT molecular complexity index is 814. The van der Waals surface area contributed by atoms with Gasteiger partial charge in [-0.25, -0.2) is 13.6 Å². The Morgan fingerprint density at radius 3 is 2.45 bits per heavy atom. The lowest BCUT2D eigenvalue weighted by Gasteiger charge is -2.00. The van der Waals surface area contributed by atoms with Crippen LogP contribution in [0.3, 0.4) is 0 Å². The van der Waals surface area contributed by atoms with Crippen LogP contribution in [-0.2, 0) is 16.6 Å². The monoisotopic (exact) mass is 319 g/mol. The molecule has 0 amide bonds. The molecule has 8 heteroatoms. The number of rotatable bonds is 5. The van der Waals surface area contributed by atoms with E-state index in [-0.39, 0.29) is 10.6 Å². The Morgan fingerprint density at radius 1 is 1.18 bits per heavy atom. The molecule has 0 atom stereocenters. The van der Waals surface area contributed by atoms with Gasteiger partial charge in [0.05, 0.1) is 16.4 Å². The first kappa shape index (κ1) is 15.8. The van der Waals surface area contributed by atoms with Crippen molar-refractivity contribution in [2.45, 2.75) is 11.4 Å². The zero-order chi connectivity index (χ0) is 16.2. The molecule has 0 saturated carbocycles. The summed E-state index contributed by atoms with van der Waals surface area (Å²) < 4.78 is 22.2. The van der Waals surface area contributed by atoms with Crippen LogP contribution in [0.5, 0.6) is 0 Å². The minimum absolute atomic E-state index is 0.00135. The van der Waals surface area contributed by atoms with Crippen LogP contribution in [-0.4, -0.2) is 19.6 Å². The molecule has 0 bridgehead atoms. The number of hydrogen-bond donors (Lipinski definition) is 1. The van der Waals surface area contributed by atoms with E-state index in [0.29, 0.717) is 12.1 Å². The highest BCUT2D eigenvalue weighted by molar-refractivity contribution is 7.89. The van der Waals surface area contributed by atoms with Crippen molar-refractivity contribution in [2.24, 2.45) is 10.1 Å². The third kappa shape index (κ3) is 4.21. The van der Waals surface area contributed by atoms with E-state index in [1.165, 1.54) is 30.5 Å². The summed E-state index contributed by atoms with van der Waals surface area (Å²) in [6.07, 6.45) is 1.53. The summed E-state index contributed by atoms with van der Waals surface area (Å²) in [4.78, 5) is 14.4. The topological polar surface area (TPSA) is 116 Å². The van der Waals surface area contributed by atoms with Crippen molar-refractivity contribution < 1.29 is 13.3 Å². The lowest BCUT2D eigenvalue weighted by Crippen LogP contribution is -2.11. The number of nitrogens with two attached hydrogens (primary N) is 1. The van der Waals surface area contributed by atoms with Gasteiger partial charge in [-0.2, -0.15) is 0 Å². The molecule has 0 aliphatic heterocycles.